The summed E-state index contributed by atoms with van der Waals surface area (Å²) in [6, 6.07) is 11.2. The van der Waals surface area contributed by atoms with E-state index in [0.29, 0.717) is 6.04 Å². The van der Waals surface area contributed by atoms with Crippen LogP contribution in [-0.2, 0) is 13.0 Å². The van der Waals surface area contributed by atoms with E-state index < -0.39 is 0 Å². The molecule has 1 aliphatic heterocycles. The maximum Gasteiger partial charge on any atom is 0.149 e. The smallest absolute Gasteiger partial charge is 0.149 e. The third kappa shape index (κ3) is 2.48. The highest BCUT2D eigenvalue weighted by Gasteiger charge is 2.22. The molecule has 0 radical (unpaired) electrons. The van der Waals surface area contributed by atoms with Gasteiger partial charge in [0.15, 0.2) is 0 Å². The van der Waals surface area contributed by atoms with Crippen molar-refractivity contribution in [3.05, 3.63) is 47.5 Å². The Balaban J connectivity index is 1.76. The molecule has 0 saturated carbocycles. The number of fused-ring (bicyclic) bond motifs is 1. The van der Waals surface area contributed by atoms with Gasteiger partial charge in [0.05, 0.1) is 6.04 Å². The molecule has 2 aromatic rings. The molecule has 1 N–H and O–H groups in total. The molecule has 0 bridgehead atoms. The fraction of sp³-hybridized carbons (Fsp3) is 0.500. The molecule has 1 aliphatic rings. The monoisotopic (exact) mass is 270 g/mol. The Morgan fingerprint density at radius 1 is 1.25 bits per heavy atom. The van der Waals surface area contributed by atoms with Gasteiger partial charge in [0, 0.05) is 19.0 Å². The Morgan fingerprint density at radius 2 is 2.05 bits per heavy atom. The molecule has 2 unspecified atom stereocenters. The molecule has 3 rings (SSSR count). The molecule has 0 fully saturated rings. The second kappa shape index (κ2) is 5.75. The van der Waals surface area contributed by atoms with Gasteiger partial charge in [-0.2, -0.15) is 0 Å². The van der Waals surface area contributed by atoms with Crippen LogP contribution in [0, 0.1) is 0 Å². The highest BCUT2D eigenvalue weighted by atomic mass is 15.3. The van der Waals surface area contributed by atoms with Crippen LogP contribution >= 0.6 is 0 Å². The van der Waals surface area contributed by atoms with Crippen LogP contribution in [0.3, 0.4) is 0 Å². The molecule has 0 amide bonds. The summed E-state index contributed by atoms with van der Waals surface area (Å²) < 4.78 is 2.27. The van der Waals surface area contributed by atoms with Gasteiger partial charge in [0.1, 0.15) is 11.6 Å². The maximum atomic E-state index is 4.37. The predicted molar refractivity (Wildman–Crippen MR) is 79.4 cm³/mol. The summed E-state index contributed by atoms with van der Waals surface area (Å²) >= 11 is 0. The van der Waals surface area contributed by atoms with E-state index in [2.05, 4.69) is 64.3 Å². The lowest BCUT2D eigenvalue weighted by atomic mass is 10.0. The van der Waals surface area contributed by atoms with Crippen LogP contribution in [0.1, 0.15) is 56.0 Å². The molecule has 1 aromatic carbocycles. The summed E-state index contributed by atoms with van der Waals surface area (Å²) in [5.74, 6) is 2.22. The highest BCUT2D eigenvalue weighted by Crippen LogP contribution is 2.23. The average Bonchev–Trinajstić information content (AvgIpc) is 3.08. The van der Waals surface area contributed by atoms with Crippen LogP contribution in [0.4, 0.5) is 0 Å². The number of aromatic nitrogens is 3. The van der Waals surface area contributed by atoms with E-state index in [-0.39, 0.29) is 6.04 Å². The SMILES string of the molecule is CCC(NC(C)c1nnc2n1CCC2)c1ccccc1. The lowest BCUT2D eigenvalue weighted by molar-refractivity contribution is 0.430. The third-order valence-electron chi connectivity index (χ3n) is 4.09. The van der Waals surface area contributed by atoms with Crippen molar-refractivity contribution in [2.24, 2.45) is 0 Å². The van der Waals surface area contributed by atoms with Crippen molar-refractivity contribution in [3.8, 4) is 0 Å². The van der Waals surface area contributed by atoms with Crippen molar-refractivity contribution < 1.29 is 0 Å². The maximum absolute atomic E-state index is 4.37. The molecule has 20 heavy (non-hydrogen) atoms. The summed E-state index contributed by atoms with van der Waals surface area (Å²) in [5.41, 5.74) is 1.34. The van der Waals surface area contributed by atoms with Crippen molar-refractivity contribution >= 4 is 0 Å². The lowest BCUT2D eigenvalue weighted by Gasteiger charge is -2.22. The van der Waals surface area contributed by atoms with Crippen LogP contribution in [-0.4, -0.2) is 14.8 Å². The molecule has 4 heteroatoms. The molecule has 0 spiro atoms. The van der Waals surface area contributed by atoms with Gasteiger partial charge in [-0.1, -0.05) is 37.3 Å². The molecule has 0 saturated heterocycles. The van der Waals surface area contributed by atoms with Gasteiger partial charge < -0.3 is 9.88 Å². The summed E-state index contributed by atoms with van der Waals surface area (Å²) in [6.45, 7) is 5.46. The van der Waals surface area contributed by atoms with Crippen LogP contribution in [0.15, 0.2) is 30.3 Å². The van der Waals surface area contributed by atoms with E-state index in [1.807, 2.05) is 0 Å². The van der Waals surface area contributed by atoms with Gasteiger partial charge in [0.25, 0.3) is 0 Å². The van der Waals surface area contributed by atoms with Crippen molar-refractivity contribution in [1.29, 1.82) is 0 Å². The van der Waals surface area contributed by atoms with Crippen molar-refractivity contribution in [3.63, 3.8) is 0 Å². The predicted octanol–water partition coefficient (Wildman–Crippen LogP) is 3.03. The molecule has 106 valence electrons. The Morgan fingerprint density at radius 3 is 2.80 bits per heavy atom. The second-order valence-electron chi connectivity index (χ2n) is 5.49. The summed E-state index contributed by atoms with van der Waals surface area (Å²) in [6.07, 6.45) is 3.32. The van der Waals surface area contributed by atoms with Crippen LogP contribution in [0.2, 0.25) is 0 Å². The van der Waals surface area contributed by atoms with Gasteiger partial charge in [-0.25, -0.2) is 0 Å². The van der Waals surface area contributed by atoms with E-state index in [0.717, 1.165) is 31.0 Å². The summed E-state index contributed by atoms with van der Waals surface area (Å²) in [4.78, 5) is 0. The zero-order chi connectivity index (χ0) is 13.9. The summed E-state index contributed by atoms with van der Waals surface area (Å²) in [7, 11) is 0. The average molecular weight is 270 g/mol. The molecular weight excluding hydrogens is 248 g/mol. The minimum Gasteiger partial charge on any atom is -0.314 e. The van der Waals surface area contributed by atoms with Gasteiger partial charge in [0.2, 0.25) is 0 Å². The highest BCUT2D eigenvalue weighted by molar-refractivity contribution is 5.19. The number of nitrogens with one attached hydrogen (secondary N) is 1. The first kappa shape index (κ1) is 13.3. The number of rotatable bonds is 5. The molecule has 1 aromatic heterocycles. The second-order valence-corrected chi connectivity index (χ2v) is 5.49. The van der Waals surface area contributed by atoms with Gasteiger partial charge in [-0.05, 0) is 25.3 Å². The Labute approximate surface area is 120 Å². The first-order chi connectivity index (χ1) is 9.79. The molecule has 0 aliphatic carbocycles. The number of benzene rings is 1. The van der Waals surface area contributed by atoms with Crippen LogP contribution in [0.5, 0.6) is 0 Å². The fourth-order valence-corrected chi connectivity index (χ4v) is 3.00. The Hall–Kier alpha value is -1.68. The first-order valence-corrected chi connectivity index (χ1v) is 7.52. The third-order valence-corrected chi connectivity index (χ3v) is 4.09. The minimum atomic E-state index is 0.222. The molecule has 2 heterocycles. The number of nitrogens with zero attached hydrogens (tertiary/aromatic N) is 3. The van der Waals surface area contributed by atoms with Crippen molar-refractivity contribution in [2.45, 2.75) is 51.7 Å². The van der Waals surface area contributed by atoms with E-state index in [1.54, 1.807) is 0 Å². The van der Waals surface area contributed by atoms with Crippen LogP contribution < -0.4 is 5.32 Å². The van der Waals surface area contributed by atoms with Crippen molar-refractivity contribution in [1.82, 2.24) is 20.1 Å². The van der Waals surface area contributed by atoms with E-state index in [9.17, 15) is 0 Å². The molecular formula is C16H22N4. The number of hydrogen-bond donors (Lipinski definition) is 1. The Kier molecular flexibility index (Phi) is 3.83. The van der Waals surface area contributed by atoms with E-state index >= 15 is 0 Å². The topological polar surface area (TPSA) is 42.7 Å². The number of aryl methyl sites for hydroxylation is 1. The van der Waals surface area contributed by atoms with E-state index in [4.69, 9.17) is 0 Å². The molecule has 4 nitrogen and oxygen atoms in total. The van der Waals surface area contributed by atoms with Gasteiger partial charge in [-0.15, -0.1) is 10.2 Å². The van der Waals surface area contributed by atoms with Crippen LogP contribution in [0.25, 0.3) is 0 Å². The molecule has 2 atom stereocenters. The Bertz CT molecular complexity index is 561. The number of hydrogen-bond acceptors (Lipinski definition) is 3. The summed E-state index contributed by atoms with van der Waals surface area (Å²) in [5, 5.41) is 12.4. The standard InChI is InChI=1S/C16H22N4/c1-3-14(13-8-5-4-6-9-13)17-12(2)16-19-18-15-10-7-11-20(15)16/h4-6,8-9,12,14,17H,3,7,10-11H2,1-2H3. The zero-order valence-electron chi connectivity index (χ0n) is 12.2. The lowest BCUT2D eigenvalue weighted by Crippen LogP contribution is -2.26. The van der Waals surface area contributed by atoms with Gasteiger partial charge >= 0.3 is 0 Å². The minimum absolute atomic E-state index is 0.222. The largest absolute Gasteiger partial charge is 0.314 e. The normalized spacial score (nSPS) is 16.9. The first-order valence-electron chi connectivity index (χ1n) is 7.52. The van der Waals surface area contributed by atoms with E-state index in [1.165, 1.54) is 12.0 Å². The zero-order valence-corrected chi connectivity index (χ0v) is 12.2. The van der Waals surface area contributed by atoms with Gasteiger partial charge in [-0.3, -0.25) is 0 Å². The fourth-order valence-electron chi connectivity index (χ4n) is 3.00. The quantitative estimate of drug-likeness (QED) is 0.908. The van der Waals surface area contributed by atoms with Crippen molar-refractivity contribution in [2.75, 3.05) is 0 Å².